The quantitative estimate of drug-likeness (QED) is 0.547. The number of piperidine rings is 1. The predicted molar refractivity (Wildman–Crippen MR) is 91.7 cm³/mol. The minimum atomic E-state index is -1.98. The van der Waals surface area contributed by atoms with Crippen LogP contribution in [0.3, 0.4) is 0 Å². The van der Waals surface area contributed by atoms with E-state index in [-0.39, 0.29) is 0 Å². The third-order valence-electron chi connectivity index (χ3n) is 4.68. The molecule has 0 saturated carbocycles. The van der Waals surface area contributed by atoms with Gasteiger partial charge in [0.2, 0.25) is 5.91 Å². The zero-order chi connectivity index (χ0) is 18.4. The molecule has 1 fully saturated rings. The highest BCUT2D eigenvalue weighted by molar-refractivity contribution is 5.82. The van der Waals surface area contributed by atoms with Crippen LogP contribution in [0, 0.1) is 0 Å². The Bertz CT molecular complexity index is 545. The van der Waals surface area contributed by atoms with Crippen LogP contribution in [-0.2, 0) is 11.2 Å². The number of likely N-dealkylation sites (tertiary alicyclic amines) is 1. The number of carbonyl (C=O) groups excluding carboxylic acids is 1. The molecule has 4 N–H and O–H groups in total. The first-order valence-corrected chi connectivity index (χ1v) is 8.69. The normalized spacial score (nSPS) is 30.2. The molecule has 2 rings (SSSR count). The maximum atomic E-state index is 14.2. The smallest absolute Gasteiger partial charge is 0.240 e. The van der Waals surface area contributed by atoms with E-state index in [2.05, 4.69) is 5.32 Å². The van der Waals surface area contributed by atoms with Crippen LogP contribution in [0.1, 0.15) is 18.9 Å². The molecule has 1 aromatic carbocycles. The highest BCUT2D eigenvalue weighted by Gasteiger charge is 2.50. The van der Waals surface area contributed by atoms with Crippen LogP contribution in [0.4, 0.5) is 4.39 Å². The number of hydrogen-bond acceptors (Lipinski definition) is 5. The van der Waals surface area contributed by atoms with Crippen molar-refractivity contribution < 1.29 is 24.5 Å². The molecule has 7 heteroatoms. The zero-order valence-corrected chi connectivity index (χ0v) is 14.4. The first kappa shape index (κ1) is 19.8. The highest BCUT2D eigenvalue weighted by atomic mass is 19.1. The van der Waals surface area contributed by atoms with Gasteiger partial charge in [0.15, 0.2) is 6.17 Å². The molecule has 5 atom stereocenters. The van der Waals surface area contributed by atoms with Gasteiger partial charge in [0, 0.05) is 6.54 Å². The van der Waals surface area contributed by atoms with E-state index in [9.17, 15) is 24.5 Å². The van der Waals surface area contributed by atoms with Crippen molar-refractivity contribution in [1.29, 1.82) is 0 Å². The Balaban J connectivity index is 2.13. The summed E-state index contributed by atoms with van der Waals surface area (Å²) < 4.78 is 14.2. The van der Waals surface area contributed by atoms with Crippen molar-refractivity contribution >= 4 is 5.91 Å². The monoisotopic (exact) mass is 354 g/mol. The SMILES string of the molecule is CCNC(=O)[C@@H]1[C@@H](O)[C@@H](F)[C@H](O)[C@@H](CO)N1CCCc1ccccc1. The van der Waals surface area contributed by atoms with Gasteiger partial charge < -0.3 is 20.6 Å². The number of rotatable bonds is 7. The topological polar surface area (TPSA) is 93.0 Å². The zero-order valence-electron chi connectivity index (χ0n) is 14.4. The first-order chi connectivity index (χ1) is 12.0. The predicted octanol–water partition coefficient (Wildman–Crippen LogP) is -0.140. The summed E-state index contributed by atoms with van der Waals surface area (Å²) in [6, 6.07) is 7.71. The number of likely N-dealkylation sites (N-methyl/N-ethyl adjacent to an activating group) is 1. The fraction of sp³-hybridized carbons (Fsp3) is 0.611. The van der Waals surface area contributed by atoms with Gasteiger partial charge in [-0.3, -0.25) is 9.69 Å². The molecule has 1 aliphatic rings. The molecule has 1 aromatic rings. The van der Waals surface area contributed by atoms with Gasteiger partial charge >= 0.3 is 0 Å². The minimum Gasteiger partial charge on any atom is -0.395 e. The van der Waals surface area contributed by atoms with Gasteiger partial charge in [-0.15, -0.1) is 0 Å². The third kappa shape index (κ3) is 4.55. The lowest BCUT2D eigenvalue weighted by Gasteiger charge is -2.47. The van der Waals surface area contributed by atoms with E-state index in [4.69, 9.17) is 0 Å². The van der Waals surface area contributed by atoms with Crippen molar-refractivity contribution in [2.45, 2.75) is 50.2 Å². The van der Waals surface area contributed by atoms with E-state index < -0.39 is 43.0 Å². The van der Waals surface area contributed by atoms with Gasteiger partial charge in [-0.1, -0.05) is 30.3 Å². The molecule has 6 nitrogen and oxygen atoms in total. The second kappa shape index (κ2) is 9.24. The lowest BCUT2D eigenvalue weighted by Crippen LogP contribution is -2.69. The molecule has 0 bridgehead atoms. The van der Waals surface area contributed by atoms with Crippen molar-refractivity contribution in [3.8, 4) is 0 Å². The molecule has 0 unspecified atom stereocenters. The van der Waals surface area contributed by atoms with Gasteiger partial charge in [0.1, 0.15) is 18.2 Å². The maximum absolute atomic E-state index is 14.2. The molecular formula is C18H27FN2O4. The number of amides is 1. The molecule has 1 aliphatic heterocycles. The number of hydrogen-bond donors (Lipinski definition) is 4. The summed E-state index contributed by atoms with van der Waals surface area (Å²) in [7, 11) is 0. The van der Waals surface area contributed by atoms with Crippen LogP contribution >= 0.6 is 0 Å². The van der Waals surface area contributed by atoms with E-state index >= 15 is 0 Å². The van der Waals surface area contributed by atoms with E-state index in [1.807, 2.05) is 30.3 Å². The Labute approximate surface area is 147 Å². The fourth-order valence-corrected chi connectivity index (χ4v) is 3.40. The largest absolute Gasteiger partial charge is 0.395 e. The van der Waals surface area contributed by atoms with Gasteiger partial charge in [-0.25, -0.2) is 4.39 Å². The second-order valence-electron chi connectivity index (χ2n) is 6.34. The molecule has 1 saturated heterocycles. The summed E-state index contributed by atoms with van der Waals surface area (Å²) in [4.78, 5) is 13.9. The lowest BCUT2D eigenvalue weighted by atomic mass is 9.88. The lowest BCUT2D eigenvalue weighted by molar-refractivity contribution is -0.163. The number of aliphatic hydroxyl groups excluding tert-OH is 3. The van der Waals surface area contributed by atoms with Crippen LogP contribution in [0.25, 0.3) is 0 Å². The Hall–Kier alpha value is -1.54. The molecule has 0 aromatic heterocycles. The van der Waals surface area contributed by atoms with E-state index in [1.165, 1.54) is 4.90 Å². The number of benzene rings is 1. The number of alkyl halides is 1. The second-order valence-corrected chi connectivity index (χ2v) is 6.34. The number of carbonyl (C=O) groups is 1. The van der Waals surface area contributed by atoms with Gasteiger partial charge in [-0.2, -0.15) is 0 Å². The molecule has 0 aliphatic carbocycles. The Morgan fingerprint density at radius 2 is 1.92 bits per heavy atom. The van der Waals surface area contributed by atoms with Crippen molar-refractivity contribution in [2.24, 2.45) is 0 Å². The van der Waals surface area contributed by atoms with Crippen LogP contribution in [0.2, 0.25) is 0 Å². The summed E-state index contributed by atoms with van der Waals surface area (Å²) in [5, 5.41) is 32.4. The van der Waals surface area contributed by atoms with Gasteiger partial charge in [0.05, 0.1) is 12.6 Å². The molecule has 140 valence electrons. The molecule has 0 radical (unpaired) electrons. The van der Waals surface area contributed by atoms with Gasteiger partial charge in [-0.05, 0) is 31.9 Å². The number of nitrogens with one attached hydrogen (secondary N) is 1. The van der Waals surface area contributed by atoms with Crippen LogP contribution in [0.5, 0.6) is 0 Å². The summed E-state index contributed by atoms with van der Waals surface area (Å²) >= 11 is 0. The average Bonchev–Trinajstić information content (AvgIpc) is 2.61. The van der Waals surface area contributed by atoms with Crippen LogP contribution < -0.4 is 5.32 Å². The molecule has 25 heavy (non-hydrogen) atoms. The number of aliphatic hydroxyl groups is 3. The number of aryl methyl sites for hydroxylation is 1. The fourth-order valence-electron chi connectivity index (χ4n) is 3.40. The molecule has 1 heterocycles. The van der Waals surface area contributed by atoms with E-state index in [0.29, 0.717) is 19.5 Å². The minimum absolute atomic E-state index is 0.350. The summed E-state index contributed by atoms with van der Waals surface area (Å²) in [6.07, 6.45) is -3.77. The van der Waals surface area contributed by atoms with Crippen LogP contribution in [-0.4, -0.2) is 76.3 Å². The van der Waals surface area contributed by atoms with Crippen LogP contribution in [0.15, 0.2) is 30.3 Å². The first-order valence-electron chi connectivity index (χ1n) is 8.69. The summed E-state index contributed by atoms with van der Waals surface area (Å²) in [5.41, 5.74) is 1.12. The third-order valence-corrected chi connectivity index (χ3v) is 4.68. The van der Waals surface area contributed by atoms with Crippen molar-refractivity contribution in [1.82, 2.24) is 10.2 Å². The Morgan fingerprint density at radius 1 is 1.24 bits per heavy atom. The summed E-state index contributed by atoms with van der Waals surface area (Å²) in [6.45, 7) is 1.94. The Kier molecular flexibility index (Phi) is 7.31. The number of halogens is 1. The molecular weight excluding hydrogens is 327 g/mol. The number of nitrogens with zero attached hydrogens (tertiary/aromatic N) is 1. The molecule has 1 amide bonds. The van der Waals surface area contributed by atoms with Crippen molar-refractivity contribution in [3.63, 3.8) is 0 Å². The Morgan fingerprint density at radius 3 is 2.52 bits per heavy atom. The molecule has 0 spiro atoms. The van der Waals surface area contributed by atoms with E-state index in [1.54, 1.807) is 6.92 Å². The standard InChI is InChI=1S/C18H27FN2O4/c1-2-20-18(25)15-17(24)14(19)16(23)13(11-22)21(15)10-6-9-12-7-4-3-5-8-12/h3-5,7-8,13-17,22-24H,2,6,9-11H2,1H3,(H,20,25)/t13-,14+,15+,16-,17+/m1/s1. The van der Waals surface area contributed by atoms with Crippen molar-refractivity contribution in [3.05, 3.63) is 35.9 Å². The van der Waals surface area contributed by atoms with Crippen molar-refractivity contribution in [2.75, 3.05) is 19.7 Å². The average molecular weight is 354 g/mol. The van der Waals surface area contributed by atoms with Gasteiger partial charge in [0.25, 0.3) is 0 Å². The highest BCUT2D eigenvalue weighted by Crippen LogP contribution is 2.27. The summed E-state index contributed by atoms with van der Waals surface area (Å²) in [5.74, 6) is -0.497. The maximum Gasteiger partial charge on any atom is 0.240 e. The van der Waals surface area contributed by atoms with E-state index in [0.717, 1.165) is 12.0 Å².